The zero-order valence-corrected chi connectivity index (χ0v) is 18.6. The summed E-state index contributed by atoms with van der Waals surface area (Å²) in [7, 11) is 5.13. The van der Waals surface area contributed by atoms with E-state index in [4.69, 9.17) is 9.47 Å². The van der Waals surface area contributed by atoms with Crippen molar-refractivity contribution in [3.05, 3.63) is 58.4 Å². The molecule has 0 bridgehead atoms. The minimum Gasteiger partial charge on any atom is -0.468 e. The minimum absolute atomic E-state index is 0.110. The highest BCUT2D eigenvalue weighted by atomic mass is 32.1. The number of thiazole rings is 1. The summed E-state index contributed by atoms with van der Waals surface area (Å²) in [5, 5.41) is 0. The van der Waals surface area contributed by atoms with Crippen molar-refractivity contribution in [3.63, 3.8) is 0 Å². The van der Waals surface area contributed by atoms with E-state index in [0.717, 1.165) is 5.69 Å². The van der Waals surface area contributed by atoms with Crippen molar-refractivity contribution in [1.29, 1.82) is 0 Å². The van der Waals surface area contributed by atoms with Gasteiger partial charge in [-0.25, -0.2) is 4.79 Å². The summed E-state index contributed by atoms with van der Waals surface area (Å²) in [5.41, 5.74) is 2.45. The Hall–Kier alpha value is -3.46. The van der Waals surface area contributed by atoms with E-state index in [-0.39, 0.29) is 13.2 Å². The normalized spacial score (nSPS) is 11.4. The molecule has 0 saturated carbocycles. The number of hydrogen-bond donors (Lipinski definition) is 0. The average molecular weight is 442 g/mol. The van der Waals surface area contributed by atoms with E-state index >= 15 is 0 Å². The maximum atomic E-state index is 12.8. The number of hydrogen-bond acceptors (Lipinski definition) is 7. The number of methoxy groups -OCH3 is 1. The van der Waals surface area contributed by atoms with Crippen molar-refractivity contribution in [2.24, 2.45) is 4.99 Å². The van der Waals surface area contributed by atoms with E-state index in [1.54, 1.807) is 41.8 Å². The van der Waals surface area contributed by atoms with E-state index in [1.165, 1.54) is 18.4 Å². The summed E-state index contributed by atoms with van der Waals surface area (Å²) in [5.74, 6) is -1.34. The molecule has 8 nitrogen and oxygen atoms in total. The Morgan fingerprint density at radius 1 is 1.06 bits per heavy atom. The Kier molecular flexibility index (Phi) is 6.86. The highest BCUT2D eigenvalue weighted by Crippen LogP contribution is 2.20. The molecule has 2 aromatic carbocycles. The number of fused-ring (bicyclic) bond motifs is 1. The molecule has 0 N–H and O–H groups in total. The molecule has 1 aromatic heterocycles. The largest absolute Gasteiger partial charge is 0.468 e. The number of carbonyl (C=O) groups is 3. The van der Waals surface area contributed by atoms with Gasteiger partial charge in [0.25, 0.3) is 5.91 Å². The number of esters is 2. The minimum atomic E-state index is -0.474. The maximum absolute atomic E-state index is 12.8. The van der Waals surface area contributed by atoms with Crippen LogP contribution in [0.15, 0.2) is 47.5 Å². The highest BCUT2D eigenvalue weighted by Gasteiger charge is 2.15. The van der Waals surface area contributed by atoms with E-state index in [1.807, 2.05) is 31.1 Å². The van der Waals surface area contributed by atoms with Crippen molar-refractivity contribution < 1.29 is 23.9 Å². The predicted molar refractivity (Wildman–Crippen MR) is 118 cm³/mol. The lowest BCUT2D eigenvalue weighted by molar-refractivity contribution is -0.141. The fourth-order valence-electron chi connectivity index (χ4n) is 2.90. The first kappa shape index (κ1) is 22.2. The molecule has 0 aliphatic rings. The third-order valence-corrected chi connectivity index (χ3v) is 5.58. The first-order valence-electron chi connectivity index (χ1n) is 9.57. The van der Waals surface area contributed by atoms with Gasteiger partial charge in [-0.2, -0.15) is 4.99 Å². The Labute approximate surface area is 183 Å². The summed E-state index contributed by atoms with van der Waals surface area (Å²) in [6.45, 7) is 1.89. The van der Waals surface area contributed by atoms with E-state index < -0.39 is 17.8 Å². The van der Waals surface area contributed by atoms with Crippen LogP contribution >= 0.6 is 11.3 Å². The second kappa shape index (κ2) is 9.57. The summed E-state index contributed by atoms with van der Waals surface area (Å²) >= 11 is 1.21. The second-order valence-corrected chi connectivity index (χ2v) is 7.82. The number of carbonyl (C=O) groups excluding carboxylic acids is 3. The van der Waals surface area contributed by atoms with Gasteiger partial charge in [-0.3, -0.25) is 9.59 Å². The lowest BCUT2D eigenvalue weighted by atomic mass is 10.2. The first-order chi connectivity index (χ1) is 14.8. The van der Waals surface area contributed by atoms with Gasteiger partial charge in [0.2, 0.25) is 0 Å². The third kappa shape index (κ3) is 5.00. The number of anilines is 1. The molecular weight excluding hydrogens is 418 g/mol. The van der Waals surface area contributed by atoms with Gasteiger partial charge in [-0.05, 0) is 49.4 Å². The number of nitrogens with zero attached hydrogens (tertiary/aromatic N) is 3. The molecule has 0 aliphatic heterocycles. The van der Waals surface area contributed by atoms with E-state index in [2.05, 4.69) is 4.99 Å². The monoisotopic (exact) mass is 441 g/mol. The molecule has 1 heterocycles. The highest BCUT2D eigenvalue weighted by molar-refractivity contribution is 7.16. The number of aromatic nitrogens is 1. The van der Waals surface area contributed by atoms with E-state index in [0.29, 0.717) is 26.1 Å². The average Bonchev–Trinajstić information content (AvgIpc) is 3.09. The smallest absolute Gasteiger partial charge is 0.338 e. The van der Waals surface area contributed by atoms with Gasteiger partial charge in [0.1, 0.15) is 6.54 Å². The molecule has 3 aromatic rings. The molecule has 0 aliphatic carbocycles. The van der Waals surface area contributed by atoms with Gasteiger partial charge in [-0.15, -0.1) is 0 Å². The summed E-state index contributed by atoms with van der Waals surface area (Å²) in [6.07, 6.45) is 0. The van der Waals surface area contributed by atoms with Crippen LogP contribution in [0.3, 0.4) is 0 Å². The van der Waals surface area contributed by atoms with Crippen LogP contribution in [0.4, 0.5) is 5.69 Å². The number of benzene rings is 2. The van der Waals surface area contributed by atoms with Crippen LogP contribution in [0.1, 0.15) is 27.6 Å². The quantitative estimate of drug-likeness (QED) is 0.547. The van der Waals surface area contributed by atoms with Crippen LogP contribution < -0.4 is 9.70 Å². The molecule has 0 atom stereocenters. The van der Waals surface area contributed by atoms with Crippen molar-refractivity contribution in [1.82, 2.24) is 4.57 Å². The SMILES string of the molecule is CCOC(=O)c1ccc2c(c1)sc(=NC(=O)c1ccc(N(C)C)cc1)n2CC(=O)OC. The molecule has 1 amide bonds. The molecule has 0 saturated heterocycles. The zero-order valence-electron chi connectivity index (χ0n) is 17.7. The summed E-state index contributed by atoms with van der Waals surface area (Å²) < 4.78 is 12.1. The van der Waals surface area contributed by atoms with E-state index in [9.17, 15) is 14.4 Å². The second-order valence-electron chi connectivity index (χ2n) is 6.81. The van der Waals surface area contributed by atoms with Gasteiger partial charge in [0.05, 0.1) is 29.5 Å². The molecule has 0 spiro atoms. The fourth-order valence-corrected chi connectivity index (χ4v) is 3.97. The third-order valence-electron chi connectivity index (χ3n) is 4.54. The predicted octanol–water partition coefficient (Wildman–Crippen LogP) is 2.86. The van der Waals surface area contributed by atoms with Crippen LogP contribution in [0.2, 0.25) is 0 Å². The van der Waals surface area contributed by atoms with Crippen molar-refractivity contribution in [3.8, 4) is 0 Å². The Morgan fingerprint density at radius 3 is 2.35 bits per heavy atom. The lowest BCUT2D eigenvalue weighted by Gasteiger charge is -2.11. The van der Waals surface area contributed by atoms with Crippen LogP contribution in [-0.2, 0) is 20.8 Å². The van der Waals surface area contributed by atoms with Crippen molar-refractivity contribution >= 4 is 45.1 Å². The fraction of sp³-hybridized carbons (Fsp3) is 0.273. The molecule has 0 unspecified atom stereocenters. The molecule has 9 heteroatoms. The van der Waals surface area contributed by atoms with Gasteiger partial charge in [0.15, 0.2) is 4.80 Å². The summed E-state index contributed by atoms with van der Waals surface area (Å²) in [6, 6.07) is 12.1. The van der Waals surface area contributed by atoms with Crippen molar-refractivity contribution in [2.75, 3.05) is 32.7 Å². The van der Waals surface area contributed by atoms with Gasteiger partial charge in [0, 0.05) is 25.3 Å². The summed E-state index contributed by atoms with van der Waals surface area (Å²) in [4.78, 5) is 43.3. The molecular formula is C22H23N3O5S. The van der Waals surface area contributed by atoms with Crippen LogP contribution in [0.5, 0.6) is 0 Å². The Balaban J connectivity index is 2.07. The Bertz CT molecular complexity index is 1190. The topological polar surface area (TPSA) is 90.2 Å². The van der Waals surface area contributed by atoms with Crippen LogP contribution in [0, 0.1) is 0 Å². The van der Waals surface area contributed by atoms with Crippen LogP contribution in [-0.4, -0.2) is 50.2 Å². The first-order valence-corrected chi connectivity index (χ1v) is 10.4. The van der Waals surface area contributed by atoms with Gasteiger partial charge >= 0.3 is 11.9 Å². The zero-order chi connectivity index (χ0) is 22.5. The van der Waals surface area contributed by atoms with Gasteiger partial charge < -0.3 is 18.9 Å². The van der Waals surface area contributed by atoms with Crippen molar-refractivity contribution in [2.45, 2.75) is 13.5 Å². The lowest BCUT2D eigenvalue weighted by Crippen LogP contribution is -2.22. The standard InChI is InChI=1S/C22H23N3O5S/c1-5-30-21(28)15-8-11-17-18(12-15)31-22(25(17)13-19(26)29-4)23-20(27)14-6-9-16(10-7-14)24(2)3/h6-12H,5,13H2,1-4H3. The van der Waals surface area contributed by atoms with Crippen LogP contribution in [0.25, 0.3) is 10.2 Å². The molecule has 162 valence electrons. The number of rotatable bonds is 6. The maximum Gasteiger partial charge on any atom is 0.338 e. The molecule has 31 heavy (non-hydrogen) atoms. The molecule has 0 fully saturated rings. The molecule has 0 radical (unpaired) electrons. The van der Waals surface area contributed by atoms with Gasteiger partial charge in [-0.1, -0.05) is 11.3 Å². The Morgan fingerprint density at radius 2 is 1.74 bits per heavy atom. The number of ether oxygens (including phenoxy) is 2. The number of amides is 1. The molecule has 3 rings (SSSR count).